The molecule has 0 atom stereocenters. The van der Waals surface area contributed by atoms with Crippen LogP contribution in [0.3, 0.4) is 0 Å². The smallest absolute Gasteiger partial charge is 0.312 e. The van der Waals surface area contributed by atoms with Crippen LogP contribution in [0.5, 0.6) is 5.75 Å². The first-order valence-electron chi connectivity index (χ1n) is 5.67. The quantitative estimate of drug-likeness (QED) is 0.763. The van der Waals surface area contributed by atoms with Crippen molar-refractivity contribution in [2.24, 2.45) is 0 Å². The van der Waals surface area contributed by atoms with Gasteiger partial charge >= 0.3 is 10.1 Å². The fourth-order valence-corrected chi connectivity index (χ4v) is 3.46. The van der Waals surface area contributed by atoms with Gasteiger partial charge in [0, 0.05) is 0 Å². The second kappa shape index (κ2) is 4.87. The molecule has 1 aliphatic rings. The van der Waals surface area contributed by atoms with Gasteiger partial charge in [-0.15, -0.1) is 0 Å². The fourth-order valence-electron chi connectivity index (χ4n) is 2.03. The summed E-state index contributed by atoms with van der Waals surface area (Å²) < 4.78 is 29.0. The zero-order valence-electron chi connectivity index (χ0n) is 9.13. The lowest BCUT2D eigenvalue weighted by Gasteiger charge is -2.21. The molecular weight excluding hydrogens is 224 g/mol. The Bertz CT molecular complexity index is 419. The molecule has 3 nitrogen and oxygen atoms in total. The summed E-state index contributed by atoms with van der Waals surface area (Å²) in [5, 5.41) is -0.318. The average Bonchev–Trinajstić information content (AvgIpc) is 2.31. The van der Waals surface area contributed by atoms with Gasteiger partial charge in [0.15, 0.2) is 0 Å². The lowest BCUT2D eigenvalue weighted by molar-refractivity contribution is 0.429. The van der Waals surface area contributed by atoms with E-state index in [4.69, 9.17) is 4.18 Å². The molecule has 88 valence electrons. The first kappa shape index (κ1) is 11.5. The van der Waals surface area contributed by atoms with E-state index >= 15 is 0 Å². The van der Waals surface area contributed by atoms with Gasteiger partial charge in [0.2, 0.25) is 0 Å². The van der Waals surface area contributed by atoms with E-state index in [0.29, 0.717) is 5.75 Å². The molecule has 0 bridgehead atoms. The van der Waals surface area contributed by atoms with Crippen molar-refractivity contribution in [1.82, 2.24) is 0 Å². The summed E-state index contributed by atoms with van der Waals surface area (Å²) in [6.07, 6.45) is 4.58. The van der Waals surface area contributed by atoms with Crippen LogP contribution in [-0.4, -0.2) is 13.7 Å². The molecule has 1 fully saturated rings. The fraction of sp³-hybridized carbons (Fsp3) is 0.500. The predicted octanol–water partition coefficient (Wildman–Crippen LogP) is 2.73. The topological polar surface area (TPSA) is 43.4 Å². The Morgan fingerprint density at radius 2 is 1.62 bits per heavy atom. The van der Waals surface area contributed by atoms with Crippen molar-refractivity contribution in [2.45, 2.75) is 37.4 Å². The molecule has 0 heterocycles. The lowest BCUT2D eigenvalue weighted by atomic mass is 10.0. The number of para-hydroxylation sites is 1. The van der Waals surface area contributed by atoms with Crippen LogP contribution in [0.1, 0.15) is 32.1 Å². The SMILES string of the molecule is O=S(=O)(Oc1ccccc1)C1CCCCC1. The summed E-state index contributed by atoms with van der Waals surface area (Å²) in [5.74, 6) is 0.410. The maximum Gasteiger partial charge on any atom is 0.312 e. The highest BCUT2D eigenvalue weighted by Gasteiger charge is 2.28. The van der Waals surface area contributed by atoms with Crippen LogP contribution in [-0.2, 0) is 10.1 Å². The van der Waals surface area contributed by atoms with Gasteiger partial charge in [0.25, 0.3) is 0 Å². The summed E-state index contributed by atoms with van der Waals surface area (Å²) in [6, 6.07) is 8.71. The molecule has 0 N–H and O–H groups in total. The summed E-state index contributed by atoms with van der Waals surface area (Å²) in [6.45, 7) is 0. The van der Waals surface area contributed by atoms with Crippen LogP contribution in [0.15, 0.2) is 30.3 Å². The number of benzene rings is 1. The van der Waals surface area contributed by atoms with Crippen LogP contribution >= 0.6 is 0 Å². The van der Waals surface area contributed by atoms with Crippen LogP contribution in [0.4, 0.5) is 0 Å². The second-order valence-corrected chi connectivity index (χ2v) is 5.97. The number of hydrogen-bond donors (Lipinski definition) is 0. The molecular formula is C12H16O3S. The minimum absolute atomic E-state index is 0.318. The number of hydrogen-bond acceptors (Lipinski definition) is 3. The third-order valence-corrected chi connectivity index (χ3v) is 4.63. The van der Waals surface area contributed by atoms with Gasteiger partial charge in [-0.1, -0.05) is 37.5 Å². The zero-order chi connectivity index (χ0) is 11.4. The average molecular weight is 240 g/mol. The first-order chi connectivity index (χ1) is 7.68. The van der Waals surface area contributed by atoms with E-state index in [1.165, 1.54) is 0 Å². The van der Waals surface area contributed by atoms with Crippen molar-refractivity contribution in [2.75, 3.05) is 0 Å². The highest BCUT2D eigenvalue weighted by Crippen LogP contribution is 2.25. The molecule has 0 saturated heterocycles. The molecule has 1 aromatic carbocycles. The van der Waals surface area contributed by atoms with Gasteiger partial charge in [-0.25, -0.2) is 0 Å². The molecule has 1 saturated carbocycles. The third-order valence-electron chi connectivity index (χ3n) is 2.92. The van der Waals surface area contributed by atoms with Gasteiger partial charge in [-0.05, 0) is 25.0 Å². The minimum Gasteiger partial charge on any atom is -0.382 e. The van der Waals surface area contributed by atoms with E-state index in [1.54, 1.807) is 24.3 Å². The van der Waals surface area contributed by atoms with Crippen molar-refractivity contribution >= 4 is 10.1 Å². The highest BCUT2D eigenvalue weighted by molar-refractivity contribution is 7.87. The molecule has 4 heteroatoms. The van der Waals surface area contributed by atoms with Crippen molar-refractivity contribution < 1.29 is 12.6 Å². The van der Waals surface area contributed by atoms with E-state index in [-0.39, 0.29) is 5.25 Å². The summed E-state index contributed by atoms with van der Waals surface area (Å²) in [5.41, 5.74) is 0. The van der Waals surface area contributed by atoms with Gasteiger partial charge in [0.05, 0.1) is 5.25 Å². The molecule has 16 heavy (non-hydrogen) atoms. The van der Waals surface area contributed by atoms with Crippen molar-refractivity contribution in [3.8, 4) is 5.75 Å². The van der Waals surface area contributed by atoms with Crippen molar-refractivity contribution in [3.05, 3.63) is 30.3 Å². The van der Waals surface area contributed by atoms with Gasteiger partial charge < -0.3 is 4.18 Å². The Kier molecular flexibility index (Phi) is 3.49. The Hall–Kier alpha value is -1.03. The normalized spacial score (nSPS) is 18.2. The largest absolute Gasteiger partial charge is 0.382 e. The first-order valence-corrected chi connectivity index (χ1v) is 7.14. The van der Waals surface area contributed by atoms with Gasteiger partial charge in [-0.2, -0.15) is 8.42 Å². The molecule has 0 aliphatic heterocycles. The van der Waals surface area contributed by atoms with Gasteiger partial charge in [0.1, 0.15) is 5.75 Å². The molecule has 1 aliphatic carbocycles. The molecule has 0 aromatic heterocycles. The Labute approximate surface area is 96.6 Å². The van der Waals surface area contributed by atoms with Crippen LogP contribution in [0.2, 0.25) is 0 Å². The summed E-state index contributed by atoms with van der Waals surface area (Å²) in [7, 11) is -3.44. The third kappa shape index (κ3) is 2.76. The standard InChI is InChI=1S/C12H16O3S/c13-16(14,12-9-5-2-6-10-12)15-11-7-3-1-4-8-11/h1,3-4,7-8,12H,2,5-6,9-10H2. The van der Waals surface area contributed by atoms with Crippen molar-refractivity contribution in [1.29, 1.82) is 0 Å². The van der Waals surface area contributed by atoms with E-state index in [2.05, 4.69) is 0 Å². The Morgan fingerprint density at radius 3 is 2.25 bits per heavy atom. The van der Waals surface area contributed by atoms with Crippen LogP contribution in [0.25, 0.3) is 0 Å². The monoisotopic (exact) mass is 240 g/mol. The summed E-state index contributed by atoms with van der Waals surface area (Å²) in [4.78, 5) is 0. The molecule has 1 aromatic rings. The Balaban J connectivity index is 2.08. The van der Waals surface area contributed by atoms with Crippen LogP contribution in [0, 0.1) is 0 Å². The van der Waals surface area contributed by atoms with Crippen LogP contribution < -0.4 is 4.18 Å². The Morgan fingerprint density at radius 1 is 1.00 bits per heavy atom. The molecule has 0 unspecified atom stereocenters. The maximum absolute atomic E-state index is 11.9. The maximum atomic E-state index is 11.9. The molecule has 0 amide bonds. The van der Waals surface area contributed by atoms with Crippen molar-refractivity contribution in [3.63, 3.8) is 0 Å². The highest BCUT2D eigenvalue weighted by atomic mass is 32.2. The van der Waals surface area contributed by atoms with E-state index in [0.717, 1.165) is 32.1 Å². The van der Waals surface area contributed by atoms with E-state index in [1.807, 2.05) is 6.07 Å². The number of rotatable bonds is 3. The molecule has 0 radical (unpaired) electrons. The second-order valence-electron chi connectivity index (χ2n) is 4.15. The minimum atomic E-state index is -3.44. The van der Waals surface area contributed by atoms with E-state index < -0.39 is 10.1 Å². The summed E-state index contributed by atoms with van der Waals surface area (Å²) >= 11 is 0. The van der Waals surface area contributed by atoms with E-state index in [9.17, 15) is 8.42 Å². The lowest BCUT2D eigenvalue weighted by Crippen LogP contribution is -2.28. The predicted molar refractivity (Wildman–Crippen MR) is 62.9 cm³/mol. The van der Waals surface area contributed by atoms with Gasteiger partial charge in [-0.3, -0.25) is 0 Å². The zero-order valence-corrected chi connectivity index (χ0v) is 9.95. The molecule has 0 spiro atoms. The molecule has 2 rings (SSSR count).